The van der Waals surface area contributed by atoms with Crippen molar-refractivity contribution in [3.63, 3.8) is 0 Å². The first-order valence-corrected chi connectivity index (χ1v) is 5.87. The van der Waals surface area contributed by atoms with E-state index in [1.807, 2.05) is 0 Å². The Morgan fingerprint density at radius 1 is 1.24 bits per heavy atom. The van der Waals surface area contributed by atoms with Gasteiger partial charge in [0.25, 0.3) is 0 Å². The number of hydrogen-bond donors (Lipinski definition) is 0. The average Bonchev–Trinajstić information content (AvgIpc) is 2.29. The summed E-state index contributed by atoms with van der Waals surface area (Å²) in [7, 11) is 0. The molecule has 2 nitrogen and oxygen atoms in total. The lowest BCUT2D eigenvalue weighted by atomic mass is 10.2. The summed E-state index contributed by atoms with van der Waals surface area (Å²) in [5.41, 5.74) is 1.22. The lowest BCUT2D eigenvalue weighted by Gasteiger charge is -2.05. The van der Waals surface area contributed by atoms with E-state index in [2.05, 4.69) is 16.9 Å². The largest absolute Gasteiger partial charge is 0.233 e. The van der Waals surface area contributed by atoms with E-state index in [0.29, 0.717) is 16.5 Å². The quantitative estimate of drug-likeness (QED) is 0.773. The fraction of sp³-hybridized carbons (Fsp3) is 0.231. The number of benzene rings is 1. The zero-order valence-corrected chi connectivity index (χ0v) is 10.2. The maximum Gasteiger partial charge on any atom is 0.164 e. The van der Waals surface area contributed by atoms with Crippen LogP contribution in [0.1, 0.15) is 19.0 Å². The predicted octanol–water partition coefficient (Wildman–Crippen LogP) is 3.89. The number of aryl methyl sites for hydroxylation is 1. The van der Waals surface area contributed by atoms with E-state index >= 15 is 0 Å². The summed E-state index contributed by atoms with van der Waals surface area (Å²) in [6.45, 7) is 2.05. The number of rotatable bonds is 3. The molecule has 0 N–H and O–H groups in total. The fourth-order valence-electron chi connectivity index (χ4n) is 1.61. The minimum atomic E-state index is -0.336. The summed E-state index contributed by atoms with van der Waals surface area (Å²) < 4.78 is 13.6. The second-order valence-corrected chi connectivity index (χ2v) is 4.12. The number of hydrogen-bond acceptors (Lipinski definition) is 2. The van der Waals surface area contributed by atoms with E-state index < -0.39 is 0 Å². The van der Waals surface area contributed by atoms with Crippen LogP contribution in [0.2, 0.25) is 5.15 Å². The smallest absolute Gasteiger partial charge is 0.164 e. The van der Waals surface area contributed by atoms with Crippen molar-refractivity contribution in [3.05, 3.63) is 47.0 Å². The maximum absolute atomic E-state index is 13.6. The van der Waals surface area contributed by atoms with Gasteiger partial charge in [-0.25, -0.2) is 14.4 Å². The van der Waals surface area contributed by atoms with Gasteiger partial charge in [-0.05, 0) is 24.6 Å². The molecular weight excluding hydrogens is 239 g/mol. The summed E-state index contributed by atoms with van der Waals surface area (Å²) in [5.74, 6) is 0.0104. The third kappa shape index (κ3) is 2.80. The van der Waals surface area contributed by atoms with Gasteiger partial charge in [-0.15, -0.1) is 0 Å². The van der Waals surface area contributed by atoms with Crippen LogP contribution < -0.4 is 0 Å². The van der Waals surface area contributed by atoms with Crippen LogP contribution in [-0.4, -0.2) is 9.97 Å². The second-order valence-electron chi connectivity index (χ2n) is 3.74. The Labute approximate surface area is 104 Å². The SMILES string of the molecule is CCCc1cc(Cl)nc(-c2ccccc2F)n1. The molecular formula is C13H12ClFN2. The fourth-order valence-corrected chi connectivity index (χ4v) is 1.82. The topological polar surface area (TPSA) is 25.8 Å². The molecule has 1 aromatic carbocycles. The molecule has 0 unspecified atom stereocenters. The van der Waals surface area contributed by atoms with Crippen LogP contribution in [0.25, 0.3) is 11.4 Å². The van der Waals surface area contributed by atoms with Gasteiger partial charge in [0.05, 0.1) is 5.56 Å². The highest BCUT2D eigenvalue weighted by atomic mass is 35.5. The van der Waals surface area contributed by atoms with Crippen molar-refractivity contribution < 1.29 is 4.39 Å². The molecule has 88 valence electrons. The number of nitrogens with zero attached hydrogens (tertiary/aromatic N) is 2. The molecule has 1 heterocycles. The lowest BCUT2D eigenvalue weighted by molar-refractivity contribution is 0.629. The number of halogens is 2. The van der Waals surface area contributed by atoms with Gasteiger partial charge in [0.15, 0.2) is 5.82 Å². The van der Waals surface area contributed by atoms with Crippen molar-refractivity contribution in [2.75, 3.05) is 0 Å². The molecule has 0 bridgehead atoms. The minimum absolute atomic E-state index is 0.336. The Bertz CT molecular complexity index is 529. The van der Waals surface area contributed by atoms with Gasteiger partial charge in [0.2, 0.25) is 0 Å². The second kappa shape index (κ2) is 5.23. The average molecular weight is 251 g/mol. The van der Waals surface area contributed by atoms with Crippen molar-refractivity contribution >= 4 is 11.6 Å². The summed E-state index contributed by atoms with van der Waals surface area (Å²) in [6.07, 6.45) is 1.77. The van der Waals surface area contributed by atoms with Crippen LogP contribution in [0.3, 0.4) is 0 Å². The molecule has 0 spiro atoms. The van der Waals surface area contributed by atoms with Crippen LogP contribution in [0.4, 0.5) is 4.39 Å². The molecule has 0 aliphatic heterocycles. The van der Waals surface area contributed by atoms with E-state index in [9.17, 15) is 4.39 Å². The Balaban J connectivity index is 2.48. The molecule has 1 aromatic heterocycles. The van der Waals surface area contributed by atoms with Crippen molar-refractivity contribution in [3.8, 4) is 11.4 Å². The van der Waals surface area contributed by atoms with Gasteiger partial charge in [-0.2, -0.15) is 0 Å². The first-order chi connectivity index (χ1) is 8.20. The van der Waals surface area contributed by atoms with Crippen LogP contribution in [0, 0.1) is 5.82 Å². The normalized spacial score (nSPS) is 10.5. The number of aromatic nitrogens is 2. The molecule has 0 aliphatic rings. The van der Waals surface area contributed by atoms with Gasteiger partial charge < -0.3 is 0 Å². The zero-order chi connectivity index (χ0) is 12.3. The molecule has 4 heteroatoms. The maximum atomic E-state index is 13.6. The van der Waals surface area contributed by atoms with Gasteiger partial charge in [0, 0.05) is 5.69 Å². The standard InChI is InChI=1S/C13H12ClFN2/c1-2-5-9-8-12(14)17-13(16-9)10-6-3-4-7-11(10)15/h3-4,6-8H,2,5H2,1H3. The van der Waals surface area contributed by atoms with E-state index in [4.69, 9.17) is 11.6 Å². The molecule has 17 heavy (non-hydrogen) atoms. The van der Waals surface area contributed by atoms with E-state index in [1.165, 1.54) is 6.07 Å². The predicted molar refractivity (Wildman–Crippen MR) is 66.4 cm³/mol. The van der Waals surface area contributed by atoms with Crippen molar-refractivity contribution in [2.24, 2.45) is 0 Å². The van der Waals surface area contributed by atoms with Gasteiger partial charge in [-0.3, -0.25) is 0 Å². The molecule has 0 saturated heterocycles. The highest BCUT2D eigenvalue weighted by Gasteiger charge is 2.09. The lowest BCUT2D eigenvalue weighted by Crippen LogP contribution is -1.97. The van der Waals surface area contributed by atoms with Gasteiger partial charge >= 0.3 is 0 Å². The first-order valence-electron chi connectivity index (χ1n) is 5.49. The molecule has 0 radical (unpaired) electrons. The molecule has 0 amide bonds. The van der Waals surface area contributed by atoms with Crippen molar-refractivity contribution in [1.82, 2.24) is 9.97 Å². The van der Waals surface area contributed by atoms with Crippen LogP contribution in [0.5, 0.6) is 0 Å². The van der Waals surface area contributed by atoms with Gasteiger partial charge in [-0.1, -0.05) is 37.1 Å². The van der Waals surface area contributed by atoms with Gasteiger partial charge in [0.1, 0.15) is 11.0 Å². The highest BCUT2D eigenvalue weighted by Crippen LogP contribution is 2.21. The molecule has 2 rings (SSSR count). The Hall–Kier alpha value is -1.48. The summed E-state index contributed by atoms with van der Waals surface area (Å²) in [4.78, 5) is 8.38. The third-order valence-electron chi connectivity index (χ3n) is 2.37. The molecule has 0 aliphatic carbocycles. The first kappa shape index (κ1) is 12.0. The molecule has 0 atom stereocenters. The Kier molecular flexibility index (Phi) is 3.69. The van der Waals surface area contributed by atoms with E-state index in [-0.39, 0.29) is 5.82 Å². The summed E-state index contributed by atoms with van der Waals surface area (Å²) in [6, 6.07) is 8.14. The van der Waals surface area contributed by atoms with Crippen LogP contribution in [0.15, 0.2) is 30.3 Å². The monoisotopic (exact) mass is 250 g/mol. The molecule has 0 saturated carbocycles. The molecule has 0 fully saturated rings. The van der Waals surface area contributed by atoms with Crippen molar-refractivity contribution in [2.45, 2.75) is 19.8 Å². The molecule has 2 aromatic rings. The summed E-state index contributed by atoms with van der Waals surface area (Å²) >= 11 is 5.91. The van der Waals surface area contributed by atoms with E-state index in [0.717, 1.165) is 18.5 Å². The van der Waals surface area contributed by atoms with Crippen LogP contribution in [-0.2, 0) is 6.42 Å². The highest BCUT2D eigenvalue weighted by molar-refractivity contribution is 6.29. The van der Waals surface area contributed by atoms with Crippen molar-refractivity contribution in [1.29, 1.82) is 0 Å². The third-order valence-corrected chi connectivity index (χ3v) is 2.56. The van der Waals surface area contributed by atoms with Crippen LogP contribution >= 0.6 is 11.6 Å². The Morgan fingerprint density at radius 2 is 2.00 bits per heavy atom. The zero-order valence-electron chi connectivity index (χ0n) is 9.45. The summed E-state index contributed by atoms with van der Waals surface area (Å²) in [5, 5.41) is 0.349. The van der Waals surface area contributed by atoms with E-state index in [1.54, 1.807) is 24.3 Å². The Morgan fingerprint density at radius 3 is 2.71 bits per heavy atom. The minimum Gasteiger partial charge on any atom is -0.233 e.